The van der Waals surface area contributed by atoms with E-state index in [0.29, 0.717) is 11.4 Å². The van der Waals surface area contributed by atoms with Crippen LogP contribution >= 0.6 is 0 Å². The van der Waals surface area contributed by atoms with Crippen LogP contribution in [-0.2, 0) is 14.4 Å². The molecule has 186 valence electrons. The first-order valence-corrected chi connectivity index (χ1v) is 11.9. The Morgan fingerprint density at radius 3 is 2.11 bits per heavy atom. The Balaban J connectivity index is 1.35. The van der Waals surface area contributed by atoms with Crippen molar-refractivity contribution in [2.24, 2.45) is 0 Å². The van der Waals surface area contributed by atoms with E-state index in [2.05, 4.69) is 42.9 Å². The highest BCUT2D eigenvalue weighted by molar-refractivity contribution is 6.39. The Morgan fingerprint density at radius 2 is 1.50 bits per heavy atom. The van der Waals surface area contributed by atoms with Crippen LogP contribution in [0.15, 0.2) is 79.1 Å². The van der Waals surface area contributed by atoms with Gasteiger partial charge in [0.1, 0.15) is 0 Å². The highest BCUT2D eigenvalue weighted by atomic mass is 16.2. The molecule has 0 spiro atoms. The number of hydrogen-bond donors (Lipinski definition) is 3. The minimum absolute atomic E-state index is 0.106. The van der Waals surface area contributed by atoms with Crippen LogP contribution in [0.2, 0.25) is 0 Å². The molecule has 1 fully saturated rings. The Bertz CT molecular complexity index is 1160. The SMILES string of the molecule is CC(=O)Nc1ccc(NC(=O)C(=O)NC[C@H](c2cccnc2)N2CCN(c3ccccc3)CC2)cc1. The number of para-hydroxylation sites is 1. The lowest BCUT2D eigenvalue weighted by molar-refractivity contribution is -0.136. The number of nitrogens with one attached hydrogen (secondary N) is 3. The van der Waals surface area contributed by atoms with Crippen LogP contribution in [0.25, 0.3) is 0 Å². The van der Waals surface area contributed by atoms with Crippen LogP contribution in [0.4, 0.5) is 17.1 Å². The maximum Gasteiger partial charge on any atom is 0.313 e. The Morgan fingerprint density at radius 1 is 0.833 bits per heavy atom. The lowest BCUT2D eigenvalue weighted by atomic mass is 10.1. The molecule has 36 heavy (non-hydrogen) atoms. The van der Waals surface area contributed by atoms with Gasteiger partial charge in [0, 0.05) is 69.1 Å². The number of anilines is 3. The molecule has 3 N–H and O–H groups in total. The standard InChI is InChI=1S/C27H30N6O3/c1-20(34)30-22-9-11-23(12-10-22)31-27(36)26(35)29-19-25(21-6-5-13-28-18-21)33-16-14-32(15-17-33)24-7-3-2-4-8-24/h2-13,18,25H,14-17,19H2,1H3,(H,29,35)(H,30,34)(H,31,36)/t25-/m1/s1. The number of benzene rings is 2. The summed E-state index contributed by atoms with van der Waals surface area (Å²) in [6.07, 6.45) is 3.52. The molecule has 1 saturated heterocycles. The predicted molar refractivity (Wildman–Crippen MR) is 140 cm³/mol. The highest BCUT2D eigenvalue weighted by Gasteiger charge is 2.26. The third-order valence-electron chi connectivity index (χ3n) is 6.07. The van der Waals surface area contributed by atoms with Crippen molar-refractivity contribution < 1.29 is 14.4 Å². The first-order valence-electron chi connectivity index (χ1n) is 11.9. The quantitative estimate of drug-likeness (QED) is 0.444. The van der Waals surface area contributed by atoms with Crippen LogP contribution in [0, 0.1) is 0 Å². The zero-order valence-corrected chi connectivity index (χ0v) is 20.2. The van der Waals surface area contributed by atoms with Gasteiger partial charge in [-0.05, 0) is 48.0 Å². The number of carbonyl (C=O) groups is 3. The summed E-state index contributed by atoms with van der Waals surface area (Å²) in [5.74, 6) is -1.64. The summed E-state index contributed by atoms with van der Waals surface area (Å²) in [6, 6.07) is 20.6. The molecule has 3 aromatic rings. The van der Waals surface area contributed by atoms with Crippen molar-refractivity contribution in [3.63, 3.8) is 0 Å². The molecule has 0 bridgehead atoms. The molecule has 9 heteroatoms. The van der Waals surface area contributed by atoms with E-state index in [1.54, 1.807) is 36.7 Å². The van der Waals surface area contributed by atoms with E-state index >= 15 is 0 Å². The Kier molecular flexibility index (Phi) is 8.25. The lowest BCUT2D eigenvalue weighted by Crippen LogP contribution is -2.50. The Hall–Kier alpha value is -4.24. The summed E-state index contributed by atoms with van der Waals surface area (Å²) < 4.78 is 0. The summed E-state index contributed by atoms with van der Waals surface area (Å²) in [4.78, 5) is 45.1. The molecular weight excluding hydrogens is 456 g/mol. The number of aromatic nitrogens is 1. The second kappa shape index (κ2) is 11.9. The summed E-state index contributed by atoms with van der Waals surface area (Å²) in [5.41, 5.74) is 3.26. The van der Waals surface area contributed by atoms with E-state index in [0.717, 1.165) is 31.7 Å². The molecular formula is C27H30N6O3. The Labute approximate surface area is 210 Å². The molecule has 9 nitrogen and oxygen atoms in total. The number of pyridine rings is 1. The smallest absolute Gasteiger partial charge is 0.313 e. The molecule has 2 heterocycles. The molecule has 4 rings (SSSR count). The van der Waals surface area contributed by atoms with Crippen LogP contribution in [0.5, 0.6) is 0 Å². The zero-order valence-electron chi connectivity index (χ0n) is 20.2. The number of amides is 3. The normalized spacial score (nSPS) is 14.5. The summed E-state index contributed by atoms with van der Waals surface area (Å²) >= 11 is 0. The van der Waals surface area contributed by atoms with Crippen LogP contribution in [0.1, 0.15) is 18.5 Å². The van der Waals surface area contributed by atoms with E-state index < -0.39 is 11.8 Å². The average molecular weight is 487 g/mol. The van der Waals surface area contributed by atoms with Crippen LogP contribution in [0.3, 0.4) is 0 Å². The largest absolute Gasteiger partial charge is 0.369 e. The first kappa shape index (κ1) is 24.9. The fourth-order valence-electron chi connectivity index (χ4n) is 4.26. The van der Waals surface area contributed by atoms with Gasteiger partial charge in [0.15, 0.2) is 0 Å². The van der Waals surface area contributed by atoms with Gasteiger partial charge in [-0.15, -0.1) is 0 Å². The van der Waals surface area contributed by atoms with Gasteiger partial charge in [-0.25, -0.2) is 0 Å². The van der Waals surface area contributed by atoms with Gasteiger partial charge in [0.05, 0.1) is 6.04 Å². The first-order chi connectivity index (χ1) is 17.5. The van der Waals surface area contributed by atoms with Gasteiger partial charge in [-0.3, -0.25) is 24.3 Å². The molecule has 1 aliphatic rings. The van der Waals surface area contributed by atoms with Crippen LogP contribution in [-0.4, -0.2) is 60.3 Å². The molecule has 0 saturated carbocycles. The topological polar surface area (TPSA) is 107 Å². The second-order valence-electron chi connectivity index (χ2n) is 8.58. The van der Waals surface area contributed by atoms with Gasteiger partial charge in [-0.1, -0.05) is 24.3 Å². The molecule has 3 amide bonds. The second-order valence-corrected chi connectivity index (χ2v) is 8.58. The van der Waals surface area contributed by atoms with Gasteiger partial charge >= 0.3 is 11.8 Å². The van der Waals surface area contributed by atoms with Crippen molar-refractivity contribution in [3.8, 4) is 0 Å². The maximum atomic E-state index is 12.6. The summed E-state index contributed by atoms with van der Waals surface area (Å²) in [6.45, 7) is 5.06. The van der Waals surface area contributed by atoms with E-state index in [-0.39, 0.29) is 18.5 Å². The number of rotatable bonds is 7. The van der Waals surface area contributed by atoms with Crippen LogP contribution < -0.4 is 20.9 Å². The number of hydrogen-bond acceptors (Lipinski definition) is 6. The lowest BCUT2D eigenvalue weighted by Gasteiger charge is -2.40. The number of piperazine rings is 1. The van der Waals surface area contributed by atoms with E-state index in [1.807, 2.05) is 30.3 Å². The third kappa shape index (κ3) is 6.67. The zero-order chi connectivity index (χ0) is 25.3. The van der Waals surface area contributed by atoms with Crippen molar-refractivity contribution in [1.82, 2.24) is 15.2 Å². The molecule has 1 atom stereocenters. The fourth-order valence-corrected chi connectivity index (χ4v) is 4.26. The number of nitrogens with zero attached hydrogens (tertiary/aromatic N) is 3. The van der Waals surface area contributed by atoms with Gasteiger partial charge in [0.25, 0.3) is 0 Å². The molecule has 2 aromatic carbocycles. The van der Waals surface area contributed by atoms with Gasteiger partial charge in [-0.2, -0.15) is 0 Å². The predicted octanol–water partition coefficient (Wildman–Crippen LogP) is 2.66. The van der Waals surface area contributed by atoms with Crippen molar-refractivity contribution in [2.75, 3.05) is 48.3 Å². The van der Waals surface area contributed by atoms with Gasteiger partial charge < -0.3 is 20.9 Å². The molecule has 1 aromatic heterocycles. The monoisotopic (exact) mass is 486 g/mol. The minimum Gasteiger partial charge on any atom is -0.369 e. The van der Waals surface area contributed by atoms with Crippen molar-refractivity contribution in [3.05, 3.63) is 84.7 Å². The third-order valence-corrected chi connectivity index (χ3v) is 6.07. The average Bonchev–Trinajstić information content (AvgIpc) is 2.91. The maximum absolute atomic E-state index is 12.6. The molecule has 0 radical (unpaired) electrons. The molecule has 0 unspecified atom stereocenters. The van der Waals surface area contributed by atoms with Crippen molar-refractivity contribution in [2.45, 2.75) is 13.0 Å². The number of carbonyl (C=O) groups excluding carboxylic acids is 3. The van der Waals surface area contributed by atoms with Crippen molar-refractivity contribution >= 4 is 34.8 Å². The summed E-state index contributed by atoms with van der Waals surface area (Å²) in [5, 5.41) is 8.04. The highest BCUT2D eigenvalue weighted by Crippen LogP contribution is 2.23. The van der Waals surface area contributed by atoms with E-state index in [4.69, 9.17) is 0 Å². The van der Waals surface area contributed by atoms with E-state index in [9.17, 15) is 14.4 Å². The minimum atomic E-state index is -0.749. The molecule has 0 aliphatic carbocycles. The van der Waals surface area contributed by atoms with Crippen molar-refractivity contribution in [1.29, 1.82) is 0 Å². The molecule has 1 aliphatic heterocycles. The fraction of sp³-hybridized carbons (Fsp3) is 0.259. The van der Waals surface area contributed by atoms with E-state index in [1.165, 1.54) is 12.6 Å². The summed E-state index contributed by atoms with van der Waals surface area (Å²) in [7, 11) is 0. The van der Waals surface area contributed by atoms with Gasteiger partial charge in [0.2, 0.25) is 5.91 Å².